The van der Waals surface area contributed by atoms with Gasteiger partial charge >= 0.3 is 5.97 Å². The first-order valence-corrected chi connectivity index (χ1v) is 12.1. The van der Waals surface area contributed by atoms with Crippen molar-refractivity contribution in [3.63, 3.8) is 0 Å². The molecule has 4 fully saturated rings. The molecule has 1 aromatic heterocycles. The molecule has 0 aromatic carbocycles. The fourth-order valence-electron chi connectivity index (χ4n) is 6.27. The maximum Gasteiger partial charge on any atom is 0.307 e. The Hall–Kier alpha value is -2.44. The molecule has 1 N–H and O–H groups in total. The zero-order chi connectivity index (χ0) is 22.3. The summed E-state index contributed by atoms with van der Waals surface area (Å²) < 4.78 is 5.74. The van der Waals surface area contributed by atoms with E-state index in [0.29, 0.717) is 19.6 Å². The summed E-state index contributed by atoms with van der Waals surface area (Å²) in [6, 6.07) is 5.83. The largest absolute Gasteiger partial charge is 0.458 e. The summed E-state index contributed by atoms with van der Waals surface area (Å²) in [6.45, 7) is 3.74. The van der Waals surface area contributed by atoms with Gasteiger partial charge in [-0.2, -0.15) is 0 Å². The van der Waals surface area contributed by atoms with Gasteiger partial charge in [0.1, 0.15) is 5.60 Å². The van der Waals surface area contributed by atoms with E-state index in [1.165, 1.54) is 0 Å². The van der Waals surface area contributed by atoms with Crippen molar-refractivity contribution in [2.75, 3.05) is 13.1 Å². The molecule has 3 heterocycles. The van der Waals surface area contributed by atoms with Crippen LogP contribution in [0, 0.1) is 24.2 Å². The normalized spacial score (nSPS) is 27.9. The van der Waals surface area contributed by atoms with Crippen LogP contribution in [0.25, 0.3) is 0 Å². The number of amides is 2. The number of ether oxygens (including phenoxy) is 1. The minimum Gasteiger partial charge on any atom is -0.458 e. The van der Waals surface area contributed by atoms with Crippen LogP contribution in [0.5, 0.6) is 0 Å². The highest BCUT2D eigenvalue weighted by atomic mass is 16.6. The van der Waals surface area contributed by atoms with Gasteiger partial charge in [-0.15, -0.1) is 0 Å². The predicted octanol–water partition coefficient (Wildman–Crippen LogP) is 2.90. The molecule has 2 aliphatic heterocycles. The van der Waals surface area contributed by atoms with Crippen LogP contribution in [0.15, 0.2) is 18.2 Å². The minimum absolute atomic E-state index is 0.0330. The third-order valence-electron chi connectivity index (χ3n) is 8.29. The summed E-state index contributed by atoms with van der Waals surface area (Å²) in [7, 11) is 0. The molecular weight excluding hydrogens is 406 g/mol. The summed E-state index contributed by atoms with van der Waals surface area (Å²) in [5.74, 6) is -0.334. The van der Waals surface area contributed by atoms with Crippen LogP contribution in [-0.2, 0) is 25.7 Å². The summed E-state index contributed by atoms with van der Waals surface area (Å²) in [5, 5.41) is 3.05. The number of nitrogens with zero attached hydrogens (tertiary/aromatic N) is 2. The Morgan fingerprint density at radius 1 is 1.12 bits per heavy atom. The number of piperidine rings is 1. The summed E-state index contributed by atoms with van der Waals surface area (Å²) in [6.07, 6.45) is 7.65. The van der Waals surface area contributed by atoms with Crippen molar-refractivity contribution in [2.45, 2.75) is 76.9 Å². The lowest BCUT2D eigenvalue weighted by Gasteiger charge is -2.40. The molecule has 2 spiro atoms. The second-order valence-electron chi connectivity index (χ2n) is 10.3. The van der Waals surface area contributed by atoms with Gasteiger partial charge in [0.2, 0.25) is 11.8 Å². The van der Waals surface area contributed by atoms with E-state index in [1.54, 1.807) is 0 Å². The maximum atomic E-state index is 13.4. The molecule has 2 saturated heterocycles. The van der Waals surface area contributed by atoms with Crippen LogP contribution in [0.1, 0.15) is 69.2 Å². The lowest BCUT2D eigenvalue weighted by atomic mass is 9.75. The minimum atomic E-state index is -0.562. The molecule has 2 aliphatic carbocycles. The lowest BCUT2D eigenvalue weighted by Crippen LogP contribution is -2.49. The van der Waals surface area contributed by atoms with Crippen molar-refractivity contribution in [3.8, 4) is 0 Å². The topological polar surface area (TPSA) is 88.6 Å². The van der Waals surface area contributed by atoms with Crippen molar-refractivity contribution in [2.24, 2.45) is 17.3 Å². The van der Waals surface area contributed by atoms with Crippen LogP contribution in [-0.4, -0.2) is 46.4 Å². The second-order valence-corrected chi connectivity index (χ2v) is 10.3. The Morgan fingerprint density at radius 3 is 2.59 bits per heavy atom. The number of carbonyl (C=O) groups excluding carboxylic acids is 3. The molecular formula is C25H33N3O4. The fourth-order valence-corrected chi connectivity index (χ4v) is 6.27. The van der Waals surface area contributed by atoms with Crippen LogP contribution in [0.4, 0.5) is 0 Å². The zero-order valence-electron chi connectivity index (χ0n) is 18.9. The molecule has 32 heavy (non-hydrogen) atoms. The van der Waals surface area contributed by atoms with Crippen LogP contribution < -0.4 is 5.32 Å². The van der Waals surface area contributed by atoms with Gasteiger partial charge in [-0.25, -0.2) is 0 Å². The van der Waals surface area contributed by atoms with E-state index in [-0.39, 0.29) is 41.5 Å². The van der Waals surface area contributed by atoms with Crippen molar-refractivity contribution in [1.29, 1.82) is 0 Å². The van der Waals surface area contributed by atoms with Gasteiger partial charge in [0.05, 0.1) is 24.6 Å². The number of aryl methyl sites for hydroxylation is 1. The number of hydrogen-bond acceptors (Lipinski definition) is 5. The number of rotatable bonds is 4. The van der Waals surface area contributed by atoms with E-state index in [1.807, 2.05) is 30.0 Å². The third-order valence-corrected chi connectivity index (χ3v) is 8.29. The molecule has 5 rings (SSSR count). The van der Waals surface area contributed by atoms with Gasteiger partial charge in [-0.05, 0) is 69.4 Å². The van der Waals surface area contributed by atoms with Gasteiger partial charge in [0, 0.05) is 24.7 Å². The molecule has 4 aliphatic rings. The van der Waals surface area contributed by atoms with E-state index in [2.05, 4.69) is 10.3 Å². The molecule has 7 heteroatoms. The standard InChI is InChI=1S/C25H33N3O4/c1-17-6-5-7-18(27-17)16-26-22(30)20-15-24(20)10-12-28(13-11-24)23(31)19-14-21(29)32-25(19)8-3-2-4-9-25/h5-7,19-20H,2-4,8-16H2,1H3,(H,26,30)/t19-,20+/m0/s1. The van der Waals surface area contributed by atoms with Crippen molar-refractivity contribution in [3.05, 3.63) is 29.6 Å². The molecule has 2 amide bonds. The smallest absolute Gasteiger partial charge is 0.307 e. The van der Waals surface area contributed by atoms with Crippen LogP contribution in [0.3, 0.4) is 0 Å². The van der Waals surface area contributed by atoms with E-state index >= 15 is 0 Å². The second kappa shape index (κ2) is 8.16. The first kappa shape index (κ1) is 21.4. The molecule has 7 nitrogen and oxygen atoms in total. The number of carbonyl (C=O) groups is 3. The Balaban J connectivity index is 1.15. The SMILES string of the molecule is Cc1cccc(CNC(=O)[C@H]2CC23CCN(C(=O)[C@@H]2CC(=O)OC24CCCCC4)CC3)n1. The molecule has 172 valence electrons. The van der Waals surface area contributed by atoms with E-state index in [4.69, 9.17) is 4.74 Å². The molecule has 0 radical (unpaired) electrons. The van der Waals surface area contributed by atoms with Gasteiger partial charge in [-0.1, -0.05) is 12.5 Å². The average Bonchev–Trinajstić information content (AvgIpc) is 3.40. The monoisotopic (exact) mass is 439 g/mol. The fraction of sp³-hybridized carbons (Fsp3) is 0.680. The Labute approximate surface area is 189 Å². The number of hydrogen-bond donors (Lipinski definition) is 1. The number of likely N-dealkylation sites (tertiary alicyclic amines) is 1. The highest BCUT2D eigenvalue weighted by molar-refractivity contribution is 5.88. The number of esters is 1. The molecule has 2 saturated carbocycles. The van der Waals surface area contributed by atoms with Crippen LogP contribution in [0.2, 0.25) is 0 Å². The highest BCUT2D eigenvalue weighted by Crippen LogP contribution is 2.59. The highest BCUT2D eigenvalue weighted by Gasteiger charge is 2.60. The Morgan fingerprint density at radius 2 is 1.88 bits per heavy atom. The molecule has 0 unspecified atom stereocenters. The lowest BCUT2D eigenvalue weighted by molar-refractivity contribution is -0.156. The maximum absolute atomic E-state index is 13.4. The van der Waals surface area contributed by atoms with Gasteiger partial charge in [0.15, 0.2) is 0 Å². The Kier molecular flexibility index (Phi) is 5.46. The first-order chi connectivity index (χ1) is 15.4. The summed E-state index contributed by atoms with van der Waals surface area (Å²) >= 11 is 0. The Bertz CT molecular complexity index is 916. The van der Waals surface area contributed by atoms with Crippen LogP contribution >= 0.6 is 0 Å². The van der Waals surface area contributed by atoms with E-state index in [0.717, 1.165) is 62.8 Å². The van der Waals surface area contributed by atoms with E-state index < -0.39 is 5.60 Å². The molecule has 2 atom stereocenters. The average molecular weight is 440 g/mol. The molecule has 0 bridgehead atoms. The summed E-state index contributed by atoms with van der Waals surface area (Å²) in [4.78, 5) is 44.5. The summed E-state index contributed by atoms with van der Waals surface area (Å²) in [5.41, 5.74) is 1.29. The van der Waals surface area contributed by atoms with E-state index in [9.17, 15) is 14.4 Å². The van der Waals surface area contributed by atoms with Crippen molar-refractivity contribution >= 4 is 17.8 Å². The number of aromatic nitrogens is 1. The molecule has 1 aromatic rings. The van der Waals surface area contributed by atoms with Gasteiger partial charge in [-0.3, -0.25) is 19.4 Å². The van der Waals surface area contributed by atoms with Crippen molar-refractivity contribution < 1.29 is 19.1 Å². The first-order valence-electron chi connectivity index (χ1n) is 12.1. The number of pyridine rings is 1. The third kappa shape index (κ3) is 3.90. The number of nitrogens with one attached hydrogen (secondary N) is 1. The van der Waals surface area contributed by atoms with Gasteiger partial charge < -0.3 is 15.0 Å². The predicted molar refractivity (Wildman–Crippen MR) is 117 cm³/mol. The van der Waals surface area contributed by atoms with Crippen molar-refractivity contribution in [1.82, 2.24) is 15.2 Å². The van der Waals surface area contributed by atoms with Gasteiger partial charge in [0.25, 0.3) is 0 Å². The zero-order valence-corrected chi connectivity index (χ0v) is 18.9. The quantitative estimate of drug-likeness (QED) is 0.729.